The Morgan fingerprint density at radius 2 is 2.00 bits per heavy atom. The number of aryl methyl sites for hydroxylation is 1. The van der Waals surface area contributed by atoms with Gasteiger partial charge in [-0.15, -0.1) is 11.3 Å². The minimum atomic E-state index is -0.330. The minimum absolute atomic E-state index is 0.0136. The molecule has 2 rings (SSSR count). The van der Waals surface area contributed by atoms with E-state index in [9.17, 15) is 9.90 Å². The van der Waals surface area contributed by atoms with Crippen molar-refractivity contribution in [2.24, 2.45) is 5.92 Å². The number of aliphatic hydroxyl groups is 1. The van der Waals surface area contributed by atoms with Gasteiger partial charge in [0.1, 0.15) is 0 Å². The SMILES string of the molecule is Cc1nc(-c2ccc(CC(=O)NCC(C)CC(C)O)cc2)cs1. The molecule has 1 heterocycles. The lowest BCUT2D eigenvalue weighted by atomic mass is 10.0. The first-order valence-corrected chi connectivity index (χ1v) is 8.78. The number of carbonyl (C=O) groups is 1. The molecule has 0 bridgehead atoms. The summed E-state index contributed by atoms with van der Waals surface area (Å²) < 4.78 is 0. The average Bonchev–Trinajstić information content (AvgIpc) is 2.92. The molecule has 0 radical (unpaired) electrons. The predicted octanol–water partition coefficient (Wildman–Crippen LogP) is 3.18. The van der Waals surface area contributed by atoms with Crippen LogP contribution in [-0.4, -0.2) is 28.6 Å². The number of hydrogen-bond acceptors (Lipinski definition) is 4. The van der Waals surface area contributed by atoms with Crippen molar-refractivity contribution in [2.75, 3.05) is 6.54 Å². The highest BCUT2D eigenvalue weighted by Gasteiger charge is 2.09. The van der Waals surface area contributed by atoms with Crippen molar-refractivity contribution in [3.8, 4) is 11.3 Å². The summed E-state index contributed by atoms with van der Waals surface area (Å²) in [6.07, 6.45) is 0.739. The van der Waals surface area contributed by atoms with Gasteiger partial charge in [0, 0.05) is 17.5 Å². The van der Waals surface area contributed by atoms with Crippen molar-refractivity contribution in [1.82, 2.24) is 10.3 Å². The van der Waals surface area contributed by atoms with Crippen molar-refractivity contribution in [2.45, 2.75) is 39.7 Å². The first-order valence-electron chi connectivity index (χ1n) is 7.90. The van der Waals surface area contributed by atoms with Gasteiger partial charge in [-0.2, -0.15) is 0 Å². The quantitative estimate of drug-likeness (QED) is 0.818. The van der Waals surface area contributed by atoms with E-state index in [0.29, 0.717) is 19.4 Å². The van der Waals surface area contributed by atoms with Crippen molar-refractivity contribution in [1.29, 1.82) is 0 Å². The third kappa shape index (κ3) is 5.77. The second kappa shape index (κ2) is 8.22. The van der Waals surface area contributed by atoms with Crippen LogP contribution in [0.3, 0.4) is 0 Å². The normalized spacial score (nSPS) is 13.6. The van der Waals surface area contributed by atoms with Gasteiger partial charge in [-0.25, -0.2) is 4.98 Å². The molecule has 0 saturated carbocycles. The number of carbonyl (C=O) groups excluding carboxylic acids is 1. The molecule has 23 heavy (non-hydrogen) atoms. The first-order chi connectivity index (χ1) is 10.9. The summed E-state index contributed by atoms with van der Waals surface area (Å²) in [5, 5.41) is 15.3. The van der Waals surface area contributed by atoms with Gasteiger partial charge >= 0.3 is 0 Å². The fraction of sp³-hybridized carbons (Fsp3) is 0.444. The molecule has 0 aliphatic rings. The van der Waals surface area contributed by atoms with Crippen LogP contribution in [-0.2, 0) is 11.2 Å². The average molecular weight is 332 g/mol. The molecule has 2 N–H and O–H groups in total. The molecule has 0 aliphatic carbocycles. The molecule has 0 spiro atoms. The molecule has 124 valence electrons. The number of hydrogen-bond donors (Lipinski definition) is 2. The van der Waals surface area contributed by atoms with E-state index in [4.69, 9.17) is 0 Å². The third-order valence-corrected chi connectivity index (χ3v) is 4.40. The molecule has 1 aromatic carbocycles. The van der Waals surface area contributed by atoms with Crippen molar-refractivity contribution >= 4 is 17.2 Å². The number of amides is 1. The summed E-state index contributed by atoms with van der Waals surface area (Å²) in [5.41, 5.74) is 3.04. The maximum atomic E-state index is 12.0. The van der Waals surface area contributed by atoms with Crippen LogP contribution >= 0.6 is 11.3 Å². The van der Waals surface area contributed by atoms with Gasteiger partial charge in [0.25, 0.3) is 0 Å². The van der Waals surface area contributed by atoms with E-state index in [2.05, 4.69) is 10.3 Å². The zero-order valence-electron chi connectivity index (χ0n) is 13.9. The van der Waals surface area contributed by atoms with Crippen LogP contribution in [0, 0.1) is 12.8 Å². The molecule has 2 atom stereocenters. The van der Waals surface area contributed by atoms with Crippen LogP contribution in [0.25, 0.3) is 11.3 Å². The van der Waals surface area contributed by atoms with Gasteiger partial charge in [0.2, 0.25) is 5.91 Å². The Hall–Kier alpha value is -1.72. The molecule has 2 aromatic rings. The first kappa shape index (κ1) is 17.6. The Balaban J connectivity index is 1.84. The number of nitrogens with zero attached hydrogens (tertiary/aromatic N) is 1. The molecule has 0 saturated heterocycles. The molecule has 4 nitrogen and oxygen atoms in total. The topological polar surface area (TPSA) is 62.2 Å². The smallest absolute Gasteiger partial charge is 0.224 e. The zero-order chi connectivity index (χ0) is 16.8. The van der Waals surface area contributed by atoms with Gasteiger partial charge in [-0.05, 0) is 31.7 Å². The maximum Gasteiger partial charge on any atom is 0.224 e. The maximum absolute atomic E-state index is 12.0. The Morgan fingerprint density at radius 1 is 1.30 bits per heavy atom. The van der Waals surface area contributed by atoms with Gasteiger partial charge in [0.15, 0.2) is 0 Å². The molecule has 1 amide bonds. The van der Waals surface area contributed by atoms with Gasteiger partial charge in [-0.3, -0.25) is 4.79 Å². The fourth-order valence-corrected chi connectivity index (χ4v) is 3.11. The van der Waals surface area contributed by atoms with Gasteiger partial charge in [0.05, 0.1) is 23.2 Å². The van der Waals surface area contributed by atoms with Crippen LogP contribution in [0.5, 0.6) is 0 Å². The van der Waals surface area contributed by atoms with E-state index in [0.717, 1.165) is 21.8 Å². The van der Waals surface area contributed by atoms with E-state index < -0.39 is 0 Å². The Bertz CT molecular complexity index is 635. The summed E-state index contributed by atoms with van der Waals surface area (Å²) >= 11 is 1.63. The monoisotopic (exact) mass is 332 g/mol. The van der Waals surface area contributed by atoms with Crippen LogP contribution < -0.4 is 5.32 Å². The van der Waals surface area contributed by atoms with Crippen molar-refractivity contribution in [3.63, 3.8) is 0 Å². The summed E-state index contributed by atoms with van der Waals surface area (Å²) in [7, 11) is 0. The summed E-state index contributed by atoms with van der Waals surface area (Å²) in [4.78, 5) is 16.4. The zero-order valence-corrected chi connectivity index (χ0v) is 14.7. The Kier molecular flexibility index (Phi) is 6.30. The number of benzene rings is 1. The van der Waals surface area contributed by atoms with E-state index in [1.165, 1.54) is 0 Å². The number of thiazole rings is 1. The van der Waals surface area contributed by atoms with Crippen molar-refractivity contribution < 1.29 is 9.90 Å². The van der Waals surface area contributed by atoms with Crippen LogP contribution in [0.2, 0.25) is 0 Å². The lowest BCUT2D eigenvalue weighted by molar-refractivity contribution is -0.120. The third-order valence-electron chi connectivity index (χ3n) is 3.62. The van der Waals surface area contributed by atoms with Gasteiger partial charge < -0.3 is 10.4 Å². The standard InChI is InChI=1S/C18H24N2O2S/c1-12(8-13(2)21)10-19-18(22)9-15-4-6-16(7-5-15)17-11-23-14(3)20-17/h4-7,11-13,21H,8-10H2,1-3H3,(H,19,22). The highest BCUT2D eigenvalue weighted by Crippen LogP contribution is 2.21. The van der Waals surface area contributed by atoms with Crippen LogP contribution in [0.4, 0.5) is 0 Å². The predicted molar refractivity (Wildman–Crippen MR) is 94.5 cm³/mol. The molecular weight excluding hydrogens is 308 g/mol. The van der Waals surface area contributed by atoms with Crippen molar-refractivity contribution in [3.05, 3.63) is 40.2 Å². The van der Waals surface area contributed by atoms with Gasteiger partial charge in [-0.1, -0.05) is 31.2 Å². The second-order valence-corrected chi connectivity index (χ2v) is 7.18. The molecule has 0 aliphatic heterocycles. The Labute approximate surface area is 141 Å². The number of aromatic nitrogens is 1. The van der Waals surface area contributed by atoms with Crippen LogP contribution in [0.15, 0.2) is 29.6 Å². The lowest BCUT2D eigenvalue weighted by Crippen LogP contribution is -2.30. The number of rotatable bonds is 7. The minimum Gasteiger partial charge on any atom is -0.393 e. The summed E-state index contributed by atoms with van der Waals surface area (Å²) in [6, 6.07) is 7.96. The highest BCUT2D eigenvalue weighted by molar-refractivity contribution is 7.09. The second-order valence-electron chi connectivity index (χ2n) is 6.12. The largest absolute Gasteiger partial charge is 0.393 e. The highest BCUT2D eigenvalue weighted by atomic mass is 32.1. The fourth-order valence-electron chi connectivity index (χ4n) is 2.49. The number of aliphatic hydroxyl groups excluding tert-OH is 1. The number of nitrogens with one attached hydrogen (secondary N) is 1. The van der Waals surface area contributed by atoms with E-state index >= 15 is 0 Å². The van der Waals surface area contributed by atoms with E-state index in [-0.39, 0.29) is 17.9 Å². The molecule has 0 fully saturated rings. The summed E-state index contributed by atoms with van der Waals surface area (Å²) in [6.45, 7) is 6.38. The van der Waals surface area contributed by atoms with E-state index in [1.54, 1.807) is 18.3 Å². The molecule has 1 aromatic heterocycles. The summed E-state index contributed by atoms with van der Waals surface area (Å²) in [5.74, 6) is 0.286. The van der Waals surface area contributed by atoms with Crippen LogP contribution in [0.1, 0.15) is 30.8 Å². The van der Waals surface area contributed by atoms with E-state index in [1.807, 2.05) is 43.5 Å². The molecular formula is C18H24N2O2S. The lowest BCUT2D eigenvalue weighted by Gasteiger charge is -2.14. The Morgan fingerprint density at radius 3 is 2.57 bits per heavy atom. The molecule has 5 heteroatoms. The molecule has 2 unspecified atom stereocenters.